The van der Waals surface area contributed by atoms with Crippen LogP contribution in [0.2, 0.25) is 0 Å². The molecule has 0 aromatic carbocycles. The third-order valence-corrected chi connectivity index (χ3v) is 1.64. The summed E-state index contributed by atoms with van der Waals surface area (Å²) in [7, 11) is 0. The number of aryl methyl sites for hydroxylation is 1. The highest BCUT2D eigenvalue weighted by molar-refractivity contribution is 5.13. The Morgan fingerprint density at radius 3 is 2.55 bits per heavy atom. The van der Waals surface area contributed by atoms with Crippen molar-refractivity contribution in [3.63, 3.8) is 0 Å². The number of nitrogens with zero attached hydrogens (tertiary/aromatic N) is 1. The molecule has 1 aromatic heterocycles. The van der Waals surface area contributed by atoms with Crippen molar-refractivity contribution in [1.82, 2.24) is 10.2 Å². The first-order valence-corrected chi connectivity index (χ1v) is 3.81. The molecule has 0 atom stereocenters. The SMILES string of the molecule is CCc1cc(C(C)(C)O)n[nH]1. The Bertz CT molecular complexity index is 234. The highest BCUT2D eigenvalue weighted by atomic mass is 16.3. The molecule has 0 fully saturated rings. The average molecular weight is 154 g/mol. The first-order chi connectivity index (χ1) is 5.04. The predicted octanol–water partition coefficient (Wildman–Crippen LogP) is 1.20. The van der Waals surface area contributed by atoms with Gasteiger partial charge in [0.25, 0.3) is 0 Å². The third kappa shape index (κ3) is 1.80. The van der Waals surface area contributed by atoms with E-state index in [1.165, 1.54) is 0 Å². The number of rotatable bonds is 2. The molecule has 0 aliphatic rings. The number of aromatic nitrogens is 2. The summed E-state index contributed by atoms with van der Waals surface area (Å²) in [5, 5.41) is 16.4. The molecule has 0 saturated heterocycles. The monoisotopic (exact) mass is 154 g/mol. The molecule has 0 unspecified atom stereocenters. The van der Waals surface area contributed by atoms with Crippen molar-refractivity contribution >= 4 is 0 Å². The molecule has 1 rings (SSSR count). The maximum absolute atomic E-state index is 9.52. The van der Waals surface area contributed by atoms with Crippen molar-refractivity contribution < 1.29 is 5.11 Å². The Hall–Kier alpha value is -0.830. The van der Waals surface area contributed by atoms with Gasteiger partial charge in [0.05, 0.1) is 5.69 Å². The van der Waals surface area contributed by atoms with Crippen LogP contribution in [0.25, 0.3) is 0 Å². The van der Waals surface area contributed by atoms with E-state index in [4.69, 9.17) is 0 Å². The van der Waals surface area contributed by atoms with E-state index < -0.39 is 5.60 Å². The molecule has 62 valence electrons. The minimum absolute atomic E-state index is 0.703. The van der Waals surface area contributed by atoms with Crippen molar-refractivity contribution in [3.05, 3.63) is 17.5 Å². The Labute approximate surface area is 66.4 Å². The van der Waals surface area contributed by atoms with Gasteiger partial charge < -0.3 is 5.11 Å². The lowest BCUT2D eigenvalue weighted by Gasteiger charge is -2.12. The molecule has 0 radical (unpaired) electrons. The van der Waals surface area contributed by atoms with Gasteiger partial charge in [0.15, 0.2) is 0 Å². The van der Waals surface area contributed by atoms with Gasteiger partial charge in [-0.1, -0.05) is 6.92 Å². The zero-order chi connectivity index (χ0) is 8.48. The molecular weight excluding hydrogens is 140 g/mol. The predicted molar refractivity (Wildman–Crippen MR) is 43.2 cm³/mol. The van der Waals surface area contributed by atoms with Crippen LogP contribution in [0.15, 0.2) is 6.07 Å². The molecule has 2 N–H and O–H groups in total. The quantitative estimate of drug-likeness (QED) is 0.672. The van der Waals surface area contributed by atoms with Gasteiger partial charge in [0.1, 0.15) is 5.60 Å². The summed E-state index contributed by atoms with van der Waals surface area (Å²) in [5.41, 5.74) is 0.931. The minimum Gasteiger partial charge on any atom is -0.384 e. The number of hydrogen-bond donors (Lipinski definition) is 2. The lowest BCUT2D eigenvalue weighted by Crippen LogP contribution is -2.15. The molecule has 1 heterocycles. The molecule has 11 heavy (non-hydrogen) atoms. The topological polar surface area (TPSA) is 48.9 Å². The second kappa shape index (κ2) is 2.66. The number of hydrogen-bond acceptors (Lipinski definition) is 2. The maximum Gasteiger partial charge on any atom is 0.103 e. The van der Waals surface area contributed by atoms with Crippen LogP contribution in [-0.2, 0) is 12.0 Å². The first kappa shape index (κ1) is 8.27. The second-order valence-electron chi connectivity index (χ2n) is 3.19. The fourth-order valence-electron chi connectivity index (χ4n) is 0.856. The highest BCUT2D eigenvalue weighted by Crippen LogP contribution is 2.17. The second-order valence-corrected chi connectivity index (χ2v) is 3.19. The van der Waals surface area contributed by atoms with Crippen LogP contribution in [0.1, 0.15) is 32.2 Å². The van der Waals surface area contributed by atoms with Gasteiger partial charge >= 0.3 is 0 Å². The van der Waals surface area contributed by atoms with Crippen molar-refractivity contribution in [2.45, 2.75) is 32.8 Å². The fraction of sp³-hybridized carbons (Fsp3) is 0.625. The smallest absolute Gasteiger partial charge is 0.103 e. The number of nitrogens with one attached hydrogen (secondary N) is 1. The van der Waals surface area contributed by atoms with Gasteiger partial charge in [-0.15, -0.1) is 0 Å². The summed E-state index contributed by atoms with van der Waals surface area (Å²) >= 11 is 0. The summed E-state index contributed by atoms with van der Waals surface area (Å²) in [5.74, 6) is 0. The van der Waals surface area contributed by atoms with Gasteiger partial charge in [0.2, 0.25) is 0 Å². The summed E-state index contributed by atoms with van der Waals surface area (Å²) in [6, 6.07) is 1.89. The third-order valence-electron chi connectivity index (χ3n) is 1.64. The lowest BCUT2D eigenvalue weighted by atomic mass is 10.1. The van der Waals surface area contributed by atoms with E-state index in [9.17, 15) is 5.11 Å². The largest absolute Gasteiger partial charge is 0.384 e. The van der Waals surface area contributed by atoms with Crippen LogP contribution in [0, 0.1) is 0 Å². The van der Waals surface area contributed by atoms with Crippen LogP contribution >= 0.6 is 0 Å². The van der Waals surface area contributed by atoms with E-state index in [-0.39, 0.29) is 0 Å². The van der Waals surface area contributed by atoms with E-state index in [1.807, 2.05) is 13.0 Å². The van der Waals surface area contributed by atoms with E-state index in [1.54, 1.807) is 13.8 Å². The Kier molecular flexibility index (Phi) is 2.00. The first-order valence-electron chi connectivity index (χ1n) is 3.81. The lowest BCUT2D eigenvalue weighted by molar-refractivity contribution is 0.0738. The van der Waals surface area contributed by atoms with E-state index in [0.29, 0.717) is 5.69 Å². The van der Waals surface area contributed by atoms with Gasteiger partial charge in [-0.3, -0.25) is 5.10 Å². The Morgan fingerprint density at radius 2 is 2.27 bits per heavy atom. The molecule has 3 heteroatoms. The molecule has 0 aliphatic carbocycles. The van der Waals surface area contributed by atoms with Crippen LogP contribution in [0.3, 0.4) is 0 Å². The molecular formula is C8H14N2O. The van der Waals surface area contributed by atoms with Gasteiger partial charge in [0, 0.05) is 5.69 Å². The van der Waals surface area contributed by atoms with Gasteiger partial charge in [-0.05, 0) is 26.3 Å². The molecule has 0 amide bonds. The van der Waals surface area contributed by atoms with E-state index >= 15 is 0 Å². The molecule has 0 spiro atoms. The standard InChI is InChI=1S/C8H14N2O/c1-4-6-5-7(10-9-6)8(2,3)11/h5,11H,4H2,1-3H3,(H,9,10). The van der Waals surface area contributed by atoms with Crippen molar-refractivity contribution in [3.8, 4) is 0 Å². The zero-order valence-electron chi connectivity index (χ0n) is 7.18. The summed E-state index contributed by atoms with van der Waals surface area (Å²) in [6.45, 7) is 5.49. The molecule has 0 bridgehead atoms. The fourth-order valence-corrected chi connectivity index (χ4v) is 0.856. The Balaban J connectivity index is 2.89. The number of aromatic amines is 1. The average Bonchev–Trinajstić information content (AvgIpc) is 2.32. The minimum atomic E-state index is -0.829. The summed E-state index contributed by atoms with van der Waals surface area (Å²) < 4.78 is 0. The van der Waals surface area contributed by atoms with Crippen molar-refractivity contribution in [2.75, 3.05) is 0 Å². The van der Waals surface area contributed by atoms with Crippen LogP contribution in [0.5, 0.6) is 0 Å². The van der Waals surface area contributed by atoms with Crippen LogP contribution in [-0.4, -0.2) is 15.3 Å². The number of aliphatic hydroxyl groups is 1. The number of H-pyrrole nitrogens is 1. The molecule has 3 nitrogen and oxygen atoms in total. The zero-order valence-corrected chi connectivity index (χ0v) is 7.18. The van der Waals surface area contributed by atoms with E-state index in [0.717, 1.165) is 12.1 Å². The molecule has 1 aromatic rings. The Morgan fingerprint density at radius 1 is 1.64 bits per heavy atom. The summed E-state index contributed by atoms with van der Waals surface area (Å²) in [4.78, 5) is 0. The van der Waals surface area contributed by atoms with Crippen LogP contribution in [0.4, 0.5) is 0 Å². The van der Waals surface area contributed by atoms with Gasteiger partial charge in [-0.2, -0.15) is 5.10 Å². The summed E-state index contributed by atoms with van der Waals surface area (Å²) in [6.07, 6.45) is 0.920. The van der Waals surface area contributed by atoms with Crippen LogP contribution < -0.4 is 0 Å². The molecule has 0 saturated carbocycles. The van der Waals surface area contributed by atoms with Gasteiger partial charge in [-0.25, -0.2) is 0 Å². The molecule has 0 aliphatic heterocycles. The van der Waals surface area contributed by atoms with Crippen molar-refractivity contribution in [1.29, 1.82) is 0 Å². The van der Waals surface area contributed by atoms with Crippen molar-refractivity contribution in [2.24, 2.45) is 0 Å². The normalized spacial score (nSPS) is 12.0. The maximum atomic E-state index is 9.52. The highest BCUT2D eigenvalue weighted by Gasteiger charge is 2.18. The van der Waals surface area contributed by atoms with E-state index in [2.05, 4.69) is 10.2 Å².